The molecular weight excluding hydrogens is 252 g/mol. The monoisotopic (exact) mass is 268 g/mol. The van der Waals surface area contributed by atoms with Crippen molar-refractivity contribution in [2.75, 3.05) is 32.7 Å². The fourth-order valence-electron chi connectivity index (χ4n) is 2.12. The van der Waals surface area contributed by atoms with Crippen LogP contribution in [0.4, 0.5) is 0 Å². The number of amides is 1. The van der Waals surface area contributed by atoms with Gasteiger partial charge in [0, 0.05) is 31.2 Å². The average Bonchev–Trinajstić information content (AvgIpc) is 2.41. The molecule has 0 atom stereocenters. The van der Waals surface area contributed by atoms with Crippen LogP contribution in [0.2, 0.25) is 5.02 Å². The summed E-state index contributed by atoms with van der Waals surface area (Å²) < 4.78 is 0. The summed E-state index contributed by atoms with van der Waals surface area (Å²) >= 11 is 5.86. The highest BCUT2D eigenvalue weighted by Gasteiger charge is 2.23. The summed E-state index contributed by atoms with van der Waals surface area (Å²) in [6.45, 7) is 6.26. The van der Waals surface area contributed by atoms with Crippen molar-refractivity contribution in [1.29, 1.82) is 0 Å². The van der Waals surface area contributed by atoms with E-state index in [2.05, 4.69) is 11.8 Å². The van der Waals surface area contributed by atoms with Gasteiger partial charge in [0.05, 0.1) is 5.56 Å². The lowest BCUT2D eigenvalue weighted by Gasteiger charge is -2.34. The number of aromatic hydroxyl groups is 1. The Balaban J connectivity index is 2.10. The molecule has 0 bridgehead atoms. The Kier molecular flexibility index (Phi) is 4.09. The second-order valence-electron chi connectivity index (χ2n) is 4.39. The van der Waals surface area contributed by atoms with Gasteiger partial charge in [0.1, 0.15) is 5.75 Å². The average molecular weight is 269 g/mol. The number of hydrogen-bond donors (Lipinski definition) is 1. The molecule has 5 heteroatoms. The zero-order valence-corrected chi connectivity index (χ0v) is 11.2. The number of nitrogens with zero attached hydrogens (tertiary/aromatic N) is 2. The lowest BCUT2D eigenvalue weighted by Crippen LogP contribution is -2.48. The van der Waals surface area contributed by atoms with Crippen molar-refractivity contribution in [3.05, 3.63) is 28.8 Å². The lowest BCUT2D eigenvalue weighted by atomic mass is 10.1. The van der Waals surface area contributed by atoms with E-state index in [4.69, 9.17) is 11.6 Å². The molecule has 0 aromatic heterocycles. The maximum Gasteiger partial charge on any atom is 0.257 e. The minimum atomic E-state index is -0.147. The molecule has 1 N–H and O–H groups in total. The molecule has 2 rings (SSSR count). The van der Waals surface area contributed by atoms with Crippen molar-refractivity contribution in [3.8, 4) is 5.75 Å². The van der Waals surface area contributed by atoms with Gasteiger partial charge in [0.25, 0.3) is 5.91 Å². The number of phenolic OH excluding ortho intramolecular Hbond substituents is 1. The summed E-state index contributed by atoms with van der Waals surface area (Å²) in [4.78, 5) is 16.3. The zero-order chi connectivity index (χ0) is 13.1. The van der Waals surface area contributed by atoms with E-state index in [0.29, 0.717) is 18.1 Å². The molecule has 4 nitrogen and oxygen atoms in total. The molecule has 1 fully saturated rings. The van der Waals surface area contributed by atoms with E-state index < -0.39 is 0 Å². The zero-order valence-electron chi connectivity index (χ0n) is 10.4. The van der Waals surface area contributed by atoms with Crippen LogP contribution in [-0.4, -0.2) is 53.5 Å². The second-order valence-corrected chi connectivity index (χ2v) is 4.82. The molecule has 0 spiro atoms. The van der Waals surface area contributed by atoms with Gasteiger partial charge in [-0.15, -0.1) is 0 Å². The topological polar surface area (TPSA) is 43.8 Å². The summed E-state index contributed by atoms with van der Waals surface area (Å²) in [5.41, 5.74) is 0.285. The summed E-state index contributed by atoms with van der Waals surface area (Å²) in [5, 5.41) is 10.2. The fraction of sp³-hybridized carbons (Fsp3) is 0.462. The van der Waals surface area contributed by atoms with Crippen LogP contribution in [-0.2, 0) is 0 Å². The second kappa shape index (κ2) is 5.59. The Morgan fingerprint density at radius 1 is 1.33 bits per heavy atom. The summed E-state index contributed by atoms with van der Waals surface area (Å²) in [5.74, 6) is -0.159. The minimum absolute atomic E-state index is 0.0117. The van der Waals surface area contributed by atoms with Crippen LogP contribution in [0.15, 0.2) is 18.2 Å². The third-order valence-corrected chi connectivity index (χ3v) is 3.53. The predicted octanol–water partition coefficient (Wildman–Crippen LogP) is 1.82. The molecule has 0 aliphatic carbocycles. The Labute approximate surface area is 112 Å². The maximum absolute atomic E-state index is 12.3. The van der Waals surface area contributed by atoms with Crippen LogP contribution in [0.25, 0.3) is 0 Å². The van der Waals surface area contributed by atoms with Crippen molar-refractivity contribution in [2.24, 2.45) is 0 Å². The van der Waals surface area contributed by atoms with Crippen LogP contribution in [0.3, 0.4) is 0 Å². The van der Waals surface area contributed by atoms with Gasteiger partial charge in [-0.3, -0.25) is 4.79 Å². The number of hydrogen-bond acceptors (Lipinski definition) is 3. The molecule has 1 aliphatic rings. The van der Waals surface area contributed by atoms with E-state index in [1.165, 1.54) is 12.1 Å². The summed E-state index contributed by atoms with van der Waals surface area (Å²) in [6.07, 6.45) is 0. The van der Waals surface area contributed by atoms with Crippen LogP contribution in [0.1, 0.15) is 17.3 Å². The number of halogens is 1. The molecule has 0 unspecified atom stereocenters. The van der Waals surface area contributed by atoms with Gasteiger partial charge in [-0.05, 0) is 24.7 Å². The van der Waals surface area contributed by atoms with Crippen molar-refractivity contribution in [3.63, 3.8) is 0 Å². The van der Waals surface area contributed by atoms with Crippen molar-refractivity contribution >= 4 is 17.5 Å². The van der Waals surface area contributed by atoms with Gasteiger partial charge in [-0.1, -0.05) is 18.5 Å². The quantitative estimate of drug-likeness (QED) is 0.890. The number of phenols is 1. The molecule has 98 valence electrons. The van der Waals surface area contributed by atoms with Gasteiger partial charge >= 0.3 is 0 Å². The number of carbonyl (C=O) groups is 1. The molecule has 1 heterocycles. The Hall–Kier alpha value is -1.26. The molecule has 1 aliphatic heterocycles. The molecular formula is C13H17ClN2O2. The fourth-order valence-corrected chi connectivity index (χ4v) is 2.29. The van der Waals surface area contributed by atoms with Crippen LogP contribution >= 0.6 is 11.6 Å². The standard InChI is InChI=1S/C13H17ClN2O2/c1-2-15-5-7-16(8-6-15)13(18)11-9-10(14)3-4-12(11)17/h3-4,9,17H,2,5-8H2,1H3. The number of carbonyl (C=O) groups excluding carboxylic acids is 1. The highest BCUT2D eigenvalue weighted by Crippen LogP contribution is 2.23. The van der Waals surface area contributed by atoms with Crippen LogP contribution in [0.5, 0.6) is 5.75 Å². The molecule has 1 amide bonds. The smallest absolute Gasteiger partial charge is 0.257 e. The molecule has 1 aromatic rings. The first-order valence-corrected chi connectivity index (χ1v) is 6.49. The van der Waals surface area contributed by atoms with Crippen LogP contribution < -0.4 is 0 Å². The largest absolute Gasteiger partial charge is 0.507 e. The SMILES string of the molecule is CCN1CCN(C(=O)c2cc(Cl)ccc2O)CC1. The number of likely N-dealkylation sites (N-methyl/N-ethyl adjacent to an activating group) is 1. The van der Waals surface area contributed by atoms with Gasteiger partial charge in [0.15, 0.2) is 0 Å². The molecule has 1 saturated heterocycles. The highest BCUT2D eigenvalue weighted by molar-refractivity contribution is 6.31. The lowest BCUT2D eigenvalue weighted by molar-refractivity contribution is 0.0640. The molecule has 18 heavy (non-hydrogen) atoms. The third-order valence-electron chi connectivity index (χ3n) is 3.30. The third kappa shape index (κ3) is 2.76. The van der Waals surface area contributed by atoms with Gasteiger partial charge in [0.2, 0.25) is 0 Å². The molecule has 0 radical (unpaired) electrons. The first kappa shape index (κ1) is 13.2. The van der Waals surface area contributed by atoms with Crippen molar-refractivity contribution in [2.45, 2.75) is 6.92 Å². The summed E-state index contributed by atoms with van der Waals surface area (Å²) in [7, 11) is 0. The van der Waals surface area contributed by atoms with Crippen molar-refractivity contribution < 1.29 is 9.90 Å². The number of piperazine rings is 1. The number of rotatable bonds is 2. The van der Waals surface area contributed by atoms with Gasteiger partial charge in [-0.25, -0.2) is 0 Å². The summed E-state index contributed by atoms with van der Waals surface area (Å²) in [6, 6.07) is 4.55. The van der Waals surface area contributed by atoms with Gasteiger partial charge < -0.3 is 14.9 Å². The van der Waals surface area contributed by atoms with E-state index in [0.717, 1.165) is 19.6 Å². The van der Waals surface area contributed by atoms with E-state index in [-0.39, 0.29) is 17.2 Å². The first-order valence-electron chi connectivity index (χ1n) is 6.12. The molecule has 0 saturated carbocycles. The van der Waals surface area contributed by atoms with Crippen molar-refractivity contribution in [1.82, 2.24) is 9.80 Å². The Bertz CT molecular complexity index is 443. The van der Waals surface area contributed by atoms with Gasteiger partial charge in [-0.2, -0.15) is 0 Å². The van der Waals surface area contributed by atoms with E-state index >= 15 is 0 Å². The normalized spacial score (nSPS) is 16.9. The highest BCUT2D eigenvalue weighted by atomic mass is 35.5. The van der Waals surface area contributed by atoms with Crippen LogP contribution in [0, 0.1) is 0 Å². The molecule has 1 aromatic carbocycles. The number of benzene rings is 1. The Morgan fingerprint density at radius 3 is 2.61 bits per heavy atom. The van der Waals surface area contributed by atoms with E-state index in [9.17, 15) is 9.90 Å². The maximum atomic E-state index is 12.3. The minimum Gasteiger partial charge on any atom is -0.507 e. The Morgan fingerprint density at radius 2 is 2.00 bits per heavy atom. The first-order chi connectivity index (χ1) is 8.61. The van der Waals surface area contributed by atoms with E-state index in [1.807, 2.05) is 0 Å². The van der Waals surface area contributed by atoms with E-state index in [1.54, 1.807) is 11.0 Å². The predicted molar refractivity (Wildman–Crippen MR) is 71.1 cm³/mol.